The van der Waals surface area contributed by atoms with Crippen LogP contribution in [0.4, 0.5) is 11.4 Å². The van der Waals surface area contributed by atoms with Gasteiger partial charge in [-0.05, 0) is 37.3 Å². The number of anilines is 2. The number of carbonyl (C=O) groups excluding carboxylic acids is 2. The second-order valence-corrected chi connectivity index (χ2v) is 11.1. The van der Waals surface area contributed by atoms with Gasteiger partial charge in [-0.15, -0.1) is 0 Å². The Morgan fingerprint density at radius 2 is 1.53 bits per heavy atom. The molecule has 1 fully saturated rings. The van der Waals surface area contributed by atoms with E-state index < -0.39 is 33.8 Å². The summed E-state index contributed by atoms with van der Waals surface area (Å²) in [5.74, 6) is -1.81. The quantitative estimate of drug-likeness (QED) is 0.503. The summed E-state index contributed by atoms with van der Waals surface area (Å²) in [7, 11) is -2.55. The van der Waals surface area contributed by atoms with Crippen molar-refractivity contribution in [3.63, 3.8) is 0 Å². The number of amides is 2. The normalized spacial score (nSPS) is 23.0. The molecule has 7 nitrogen and oxygen atoms in total. The molecule has 0 bridgehead atoms. The Kier molecular flexibility index (Phi) is 5.05. The van der Waals surface area contributed by atoms with Gasteiger partial charge in [0.15, 0.2) is 0 Å². The topological polar surface area (TPSA) is 84.0 Å². The van der Waals surface area contributed by atoms with Crippen molar-refractivity contribution in [1.29, 1.82) is 0 Å². The summed E-state index contributed by atoms with van der Waals surface area (Å²) in [6, 6.07) is 21.7. The molecule has 8 heteroatoms. The molecule has 6 rings (SSSR count). The number of fused-ring (bicyclic) bond motifs is 5. The molecule has 3 aliphatic rings. The van der Waals surface area contributed by atoms with Gasteiger partial charge in [0.05, 0.1) is 41.3 Å². The third-order valence-corrected chi connectivity index (χ3v) is 9.15. The maximum Gasteiger partial charge on any atom is 0.264 e. The molecule has 1 aliphatic carbocycles. The molecule has 1 saturated heterocycles. The van der Waals surface area contributed by atoms with Crippen molar-refractivity contribution in [2.45, 2.75) is 24.3 Å². The lowest BCUT2D eigenvalue weighted by molar-refractivity contribution is -0.122. The van der Waals surface area contributed by atoms with E-state index in [0.29, 0.717) is 28.3 Å². The molecule has 182 valence electrons. The standard InChI is InChI=1S/C28H24N2O5S/c1-17-12-14-19(15-13-17)36(33,34)30-22-11-7-6-10-20(22)24-23(35-2)16-21-25(26(24)30)28(32)29(27(21)31)18-8-4-3-5-9-18/h3-15,21,25-26H,16H2,1-2H3. The highest BCUT2D eigenvalue weighted by Gasteiger charge is 2.61. The van der Waals surface area contributed by atoms with E-state index in [4.69, 9.17) is 4.74 Å². The Bertz CT molecular complexity index is 1530. The smallest absolute Gasteiger partial charge is 0.264 e. The molecule has 2 aliphatic heterocycles. The van der Waals surface area contributed by atoms with E-state index in [-0.39, 0.29) is 17.2 Å². The minimum absolute atomic E-state index is 0.127. The van der Waals surface area contributed by atoms with Crippen LogP contribution < -0.4 is 9.21 Å². The van der Waals surface area contributed by atoms with E-state index in [2.05, 4.69) is 0 Å². The van der Waals surface area contributed by atoms with Crippen LogP contribution in [0.15, 0.2) is 89.5 Å². The molecule has 0 spiro atoms. The molecule has 36 heavy (non-hydrogen) atoms. The monoisotopic (exact) mass is 500 g/mol. The number of ether oxygens (including phenoxy) is 1. The summed E-state index contributed by atoms with van der Waals surface area (Å²) in [5, 5.41) is 0. The molecule has 3 atom stereocenters. The molecular formula is C28H24N2O5S. The number of imide groups is 1. The van der Waals surface area contributed by atoms with Crippen molar-refractivity contribution in [2.24, 2.45) is 11.8 Å². The second kappa shape index (κ2) is 8.06. The predicted molar refractivity (Wildman–Crippen MR) is 136 cm³/mol. The zero-order valence-electron chi connectivity index (χ0n) is 19.8. The zero-order chi connectivity index (χ0) is 25.2. The molecule has 2 heterocycles. The van der Waals surface area contributed by atoms with Crippen molar-refractivity contribution in [3.8, 4) is 0 Å². The van der Waals surface area contributed by atoms with E-state index in [9.17, 15) is 18.0 Å². The first-order valence-electron chi connectivity index (χ1n) is 11.7. The van der Waals surface area contributed by atoms with E-state index >= 15 is 0 Å². The summed E-state index contributed by atoms with van der Waals surface area (Å²) < 4.78 is 35.4. The van der Waals surface area contributed by atoms with Crippen molar-refractivity contribution >= 4 is 38.8 Å². The lowest BCUT2D eigenvalue weighted by Crippen LogP contribution is -2.48. The van der Waals surface area contributed by atoms with Gasteiger partial charge in [0.25, 0.3) is 10.0 Å². The van der Waals surface area contributed by atoms with Crippen LogP contribution in [0.3, 0.4) is 0 Å². The number of hydrogen-bond donors (Lipinski definition) is 0. The number of carbonyl (C=O) groups is 2. The van der Waals surface area contributed by atoms with Crippen LogP contribution in [-0.4, -0.2) is 33.4 Å². The Hall–Kier alpha value is -3.91. The maximum absolute atomic E-state index is 14.1. The number of para-hydroxylation sites is 2. The van der Waals surface area contributed by atoms with Gasteiger partial charge in [-0.2, -0.15) is 0 Å². The summed E-state index contributed by atoms with van der Waals surface area (Å²) in [4.78, 5) is 28.8. The zero-order valence-corrected chi connectivity index (χ0v) is 20.6. The Labute approximate surface area is 209 Å². The van der Waals surface area contributed by atoms with Crippen molar-refractivity contribution in [2.75, 3.05) is 16.3 Å². The molecule has 0 aromatic heterocycles. The van der Waals surface area contributed by atoms with Gasteiger partial charge in [-0.1, -0.05) is 54.1 Å². The number of methoxy groups -OCH3 is 1. The van der Waals surface area contributed by atoms with Gasteiger partial charge in [0, 0.05) is 17.6 Å². The Balaban J connectivity index is 1.56. The SMILES string of the molecule is COC1=C2c3ccccc3N(S(=O)(=O)c3ccc(C)cc3)C2C2C(=O)N(c3ccccc3)C(=O)C2C1. The number of rotatable bonds is 4. The third kappa shape index (κ3) is 3.07. The highest BCUT2D eigenvalue weighted by Crippen LogP contribution is 2.55. The van der Waals surface area contributed by atoms with Crippen LogP contribution in [0.5, 0.6) is 0 Å². The minimum Gasteiger partial charge on any atom is -0.501 e. The van der Waals surface area contributed by atoms with E-state index in [1.54, 1.807) is 60.7 Å². The number of sulfonamides is 1. The molecule has 3 aromatic carbocycles. The van der Waals surface area contributed by atoms with Crippen molar-refractivity contribution in [3.05, 3.63) is 95.7 Å². The van der Waals surface area contributed by atoms with E-state index in [0.717, 1.165) is 5.56 Å². The summed E-state index contributed by atoms with van der Waals surface area (Å²) in [6.07, 6.45) is 0.230. The second-order valence-electron chi connectivity index (χ2n) is 9.30. The van der Waals surface area contributed by atoms with Gasteiger partial charge in [0.1, 0.15) is 5.76 Å². The molecular weight excluding hydrogens is 476 g/mol. The Morgan fingerprint density at radius 1 is 0.861 bits per heavy atom. The molecule has 0 radical (unpaired) electrons. The fourth-order valence-electron chi connectivity index (χ4n) is 5.72. The lowest BCUT2D eigenvalue weighted by atomic mass is 9.76. The first kappa shape index (κ1) is 22.5. The summed E-state index contributed by atoms with van der Waals surface area (Å²) >= 11 is 0. The summed E-state index contributed by atoms with van der Waals surface area (Å²) in [6.45, 7) is 1.89. The van der Waals surface area contributed by atoms with Crippen LogP contribution in [0, 0.1) is 18.8 Å². The average molecular weight is 501 g/mol. The van der Waals surface area contributed by atoms with Crippen molar-refractivity contribution in [1.82, 2.24) is 0 Å². The first-order valence-corrected chi connectivity index (χ1v) is 13.2. The predicted octanol–water partition coefficient (Wildman–Crippen LogP) is 4.14. The average Bonchev–Trinajstić information content (AvgIpc) is 3.36. The van der Waals surface area contributed by atoms with Gasteiger partial charge in [0.2, 0.25) is 11.8 Å². The highest BCUT2D eigenvalue weighted by atomic mass is 32.2. The molecule has 2 amide bonds. The van der Waals surface area contributed by atoms with Crippen LogP contribution in [0.2, 0.25) is 0 Å². The van der Waals surface area contributed by atoms with E-state index in [1.165, 1.54) is 16.3 Å². The maximum atomic E-state index is 14.1. The van der Waals surface area contributed by atoms with Crippen LogP contribution in [-0.2, 0) is 24.3 Å². The number of nitrogens with zero attached hydrogens (tertiary/aromatic N) is 2. The van der Waals surface area contributed by atoms with Gasteiger partial charge in [-0.25, -0.2) is 13.3 Å². The number of aryl methyl sites for hydroxylation is 1. The van der Waals surface area contributed by atoms with Gasteiger partial charge in [-0.3, -0.25) is 13.9 Å². The number of benzene rings is 3. The number of hydrogen-bond acceptors (Lipinski definition) is 5. The first-order chi connectivity index (χ1) is 17.3. The largest absolute Gasteiger partial charge is 0.501 e. The summed E-state index contributed by atoms with van der Waals surface area (Å²) in [5.41, 5.74) is 3.25. The lowest BCUT2D eigenvalue weighted by Gasteiger charge is -2.36. The third-order valence-electron chi connectivity index (χ3n) is 7.34. The van der Waals surface area contributed by atoms with E-state index in [1.807, 2.05) is 25.1 Å². The van der Waals surface area contributed by atoms with Crippen LogP contribution >= 0.6 is 0 Å². The number of allylic oxidation sites excluding steroid dienone is 1. The van der Waals surface area contributed by atoms with Gasteiger partial charge < -0.3 is 4.74 Å². The molecule has 0 saturated carbocycles. The van der Waals surface area contributed by atoms with Crippen molar-refractivity contribution < 1.29 is 22.7 Å². The molecule has 3 aromatic rings. The fraction of sp³-hybridized carbons (Fsp3) is 0.214. The van der Waals surface area contributed by atoms with Gasteiger partial charge >= 0.3 is 0 Å². The highest BCUT2D eigenvalue weighted by molar-refractivity contribution is 7.93. The molecule has 3 unspecified atom stereocenters. The fourth-order valence-corrected chi connectivity index (χ4v) is 7.38. The van der Waals surface area contributed by atoms with Crippen LogP contribution in [0.1, 0.15) is 17.5 Å². The molecule has 0 N–H and O–H groups in total. The Morgan fingerprint density at radius 3 is 2.22 bits per heavy atom. The minimum atomic E-state index is -4.07. The van der Waals surface area contributed by atoms with Crippen LogP contribution in [0.25, 0.3) is 5.57 Å².